The molecular formula is C13H24N2O. The molecular weight excluding hydrogens is 200 g/mol. The normalized spacial score (nSPS) is 12.9. The molecule has 3 nitrogen and oxygen atoms in total. The third-order valence-electron chi connectivity index (χ3n) is 2.79. The van der Waals surface area contributed by atoms with Crippen LogP contribution in [0.1, 0.15) is 57.4 Å². The van der Waals surface area contributed by atoms with E-state index in [0.29, 0.717) is 6.04 Å². The molecule has 1 N–H and O–H groups in total. The van der Waals surface area contributed by atoms with Gasteiger partial charge in [0.15, 0.2) is 5.76 Å². The summed E-state index contributed by atoms with van der Waals surface area (Å²) in [4.78, 5) is 0. The molecule has 0 aliphatic carbocycles. The quantitative estimate of drug-likeness (QED) is 0.687. The third kappa shape index (κ3) is 5.31. The van der Waals surface area contributed by atoms with Gasteiger partial charge in [-0.15, -0.1) is 0 Å². The number of aromatic nitrogens is 1. The maximum Gasteiger partial charge on any atom is 0.150 e. The summed E-state index contributed by atoms with van der Waals surface area (Å²) < 4.78 is 5.15. The Bertz CT molecular complexity index is 283. The minimum absolute atomic E-state index is 0.558. The predicted octanol–water partition coefficient (Wildman–Crippen LogP) is 3.43. The molecule has 0 saturated heterocycles. The Morgan fingerprint density at radius 2 is 2.19 bits per heavy atom. The van der Waals surface area contributed by atoms with Crippen molar-refractivity contribution in [2.24, 2.45) is 0 Å². The standard InChI is InChI=1S/C13H24N2O/c1-4-5-6-7-8-11(2)14-10-13-9-12(3)15-16-13/h9,11,14H,4-8,10H2,1-3H3. The van der Waals surface area contributed by atoms with Crippen LogP contribution in [0.15, 0.2) is 10.6 Å². The van der Waals surface area contributed by atoms with Crippen LogP contribution in [-0.2, 0) is 6.54 Å². The average Bonchev–Trinajstić information content (AvgIpc) is 2.68. The summed E-state index contributed by atoms with van der Waals surface area (Å²) in [6.45, 7) is 7.21. The molecule has 1 atom stereocenters. The molecule has 1 unspecified atom stereocenters. The number of nitrogens with zero attached hydrogens (tertiary/aromatic N) is 1. The molecule has 0 spiro atoms. The second-order valence-corrected chi connectivity index (χ2v) is 4.57. The van der Waals surface area contributed by atoms with Crippen LogP contribution >= 0.6 is 0 Å². The molecule has 92 valence electrons. The van der Waals surface area contributed by atoms with Crippen molar-refractivity contribution in [2.75, 3.05) is 0 Å². The summed E-state index contributed by atoms with van der Waals surface area (Å²) in [5.74, 6) is 0.929. The van der Waals surface area contributed by atoms with E-state index < -0.39 is 0 Å². The molecule has 0 aliphatic heterocycles. The molecule has 0 radical (unpaired) electrons. The van der Waals surface area contributed by atoms with Gasteiger partial charge < -0.3 is 9.84 Å². The smallest absolute Gasteiger partial charge is 0.150 e. The van der Waals surface area contributed by atoms with Crippen LogP contribution in [0.4, 0.5) is 0 Å². The van der Waals surface area contributed by atoms with Crippen molar-refractivity contribution in [1.29, 1.82) is 0 Å². The predicted molar refractivity (Wildman–Crippen MR) is 66.3 cm³/mol. The molecule has 16 heavy (non-hydrogen) atoms. The van der Waals surface area contributed by atoms with Crippen LogP contribution in [0.2, 0.25) is 0 Å². The van der Waals surface area contributed by atoms with Crippen molar-refractivity contribution in [3.05, 3.63) is 17.5 Å². The minimum atomic E-state index is 0.558. The van der Waals surface area contributed by atoms with Crippen molar-refractivity contribution in [2.45, 2.75) is 65.5 Å². The highest BCUT2D eigenvalue weighted by molar-refractivity contribution is 5.02. The van der Waals surface area contributed by atoms with Gasteiger partial charge in [0.05, 0.1) is 12.2 Å². The second kappa shape index (κ2) is 7.44. The van der Waals surface area contributed by atoms with E-state index in [-0.39, 0.29) is 0 Å². The minimum Gasteiger partial charge on any atom is -0.360 e. The fourth-order valence-corrected chi connectivity index (χ4v) is 1.75. The Morgan fingerprint density at radius 1 is 1.38 bits per heavy atom. The van der Waals surface area contributed by atoms with Gasteiger partial charge in [0.2, 0.25) is 0 Å². The molecule has 0 amide bonds. The molecule has 0 fully saturated rings. The van der Waals surface area contributed by atoms with Crippen molar-refractivity contribution < 1.29 is 4.52 Å². The molecule has 0 aromatic carbocycles. The zero-order chi connectivity index (χ0) is 11.8. The summed E-state index contributed by atoms with van der Waals surface area (Å²) in [6.07, 6.45) is 6.57. The van der Waals surface area contributed by atoms with Crippen LogP contribution in [0, 0.1) is 6.92 Å². The molecule has 1 aromatic rings. The number of nitrogens with one attached hydrogen (secondary N) is 1. The van der Waals surface area contributed by atoms with E-state index in [4.69, 9.17) is 4.52 Å². The van der Waals surface area contributed by atoms with E-state index in [1.54, 1.807) is 0 Å². The molecule has 1 rings (SSSR count). The lowest BCUT2D eigenvalue weighted by Gasteiger charge is -2.11. The molecule has 3 heteroatoms. The number of aryl methyl sites for hydroxylation is 1. The number of rotatable bonds is 8. The van der Waals surface area contributed by atoms with E-state index >= 15 is 0 Å². The Kier molecular flexibility index (Phi) is 6.16. The van der Waals surface area contributed by atoms with E-state index in [0.717, 1.165) is 18.0 Å². The Balaban J connectivity index is 2.08. The van der Waals surface area contributed by atoms with E-state index in [2.05, 4.69) is 24.3 Å². The monoisotopic (exact) mass is 224 g/mol. The number of hydrogen-bond acceptors (Lipinski definition) is 3. The topological polar surface area (TPSA) is 38.1 Å². The number of unbranched alkanes of at least 4 members (excludes halogenated alkanes) is 3. The van der Waals surface area contributed by atoms with Gasteiger partial charge in [0.1, 0.15) is 0 Å². The van der Waals surface area contributed by atoms with Gasteiger partial charge in [-0.2, -0.15) is 0 Å². The van der Waals surface area contributed by atoms with Gasteiger partial charge in [-0.1, -0.05) is 37.8 Å². The lowest BCUT2D eigenvalue weighted by atomic mass is 10.1. The first kappa shape index (κ1) is 13.2. The highest BCUT2D eigenvalue weighted by Crippen LogP contribution is 2.07. The third-order valence-corrected chi connectivity index (χ3v) is 2.79. The summed E-state index contributed by atoms with van der Waals surface area (Å²) >= 11 is 0. The summed E-state index contributed by atoms with van der Waals surface area (Å²) in [5, 5.41) is 7.32. The maximum absolute atomic E-state index is 5.15. The van der Waals surface area contributed by atoms with E-state index in [9.17, 15) is 0 Å². The van der Waals surface area contributed by atoms with Gasteiger partial charge in [0, 0.05) is 12.1 Å². The van der Waals surface area contributed by atoms with Crippen LogP contribution < -0.4 is 5.32 Å². The van der Waals surface area contributed by atoms with Gasteiger partial charge >= 0.3 is 0 Å². The number of hydrogen-bond donors (Lipinski definition) is 1. The fourth-order valence-electron chi connectivity index (χ4n) is 1.75. The lowest BCUT2D eigenvalue weighted by molar-refractivity contribution is 0.358. The van der Waals surface area contributed by atoms with Crippen LogP contribution in [-0.4, -0.2) is 11.2 Å². The summed E-state index contributed by atoms with van der Waals surface area (Å²) in [5.41, 5.74) is 0.951. The Labute approximate surface area is 98.6 Å². The maximum atomic E-state index is 5.15. The first-order valence-electron chi connectivity index (χ1n) is 6.38. The van der Waals surface area contributed by atoms with Crippen molar-refractivity contribution in [3.63, 3.8) is 0 Å². The fraction of sp³-hybridized carbons (Fsp3) is 0.769. The molecule has 1 aromatic heterocycles. The second-order valence-electron chi connectivity index (χ2n) is 4.57. The Hall–Kier alpha value is -0.830. The van der Waals surface area contributed by atoms with E-state index in [1.165, 1.54) is 32.1 Å². The molecule has 0 aliphatic rings. The van der Waals surface area contributed by atoms with Gasteiger partial charge in [-0.05, 0) is 20.3 Å². The summed E-state index contributed by atoms with van der Waals surface area (Å²) in [6, 6.07) is 2.54. The van der Waals surface area contributed by atoms with E-state index in [1.807, 2.05) is 13.0 Å². The zero-order valence-corrected chi connectivity index (χ0v) is 10.8. The SMILES string of the molecule is CCCCCCC(C)NCc1cc(C)no1. The lowest BCUT2D eigenvalue weighted by Crippen LogP contribution is -2.25. The highest BCUT2D eigenvalue weighted by Gasteiger charge is 2.04. The van der Waals surface area contributed by atoms with Crippen LogP contribution in [0.25, 0.3) is 0 Å². The first-order valence-corrected chi connectivity index (χ1v) is 6.38. The van der Waals surface area contributed by atoms with Crippen LogP contribution in [0.3, 0.4) is 0 Å². The largest absolute Gasteiger partial charge is 0.360 e. The van der Waals surface area contributed by atoms with Crippen molar-refractivity contribution in [1.82, 2.24) is 10.5 Å². The van der Waals surface area contributed by atoms with Crippen LogP contribution in [0.5, 0.6) is 0 Å². The molecule has 1 heterocycles. The van der Waals surface area contributed by atoms with Gasteiger partial charge in [-0.3, -0.25) is 0 Å². The van der Waals surface area contributed by atoms with Crippen molar-refractivity contribution in [3.8, 4) is 0 Å². The highest BCUT2D eigenvalue weighted by atomic mass is 16.5. The summed E-state index contributed by atoms with van der Waals surface area (Å²) in [7, 11) is 0. The Morgan fingerprint density at radius 3 is 2.81 bits per heavy atom. The molecule has 0 bridgehead atoms. The molecule has 0 saturated carbocycles. The average molecular weight is 224 g/mol. The van der Waals surface area contributed by atoms with Crippen molar-refractivity contribution >= 4 is 0 Å². The first-order chi connectivity index (χ1) is 7.72. The van der Waals surface area contributed by atoms with Gasteiger partial charge in [-0.25, -0.2) is 0 Å². The zero-order valence-electron chi connectivity index (χ0n) is 10.8. The van der Waals surface area contributed by atoms with Gasteiger partial charge in [0.25, 0.3) is 0 Å².